The van der Waals surface area contributed by atoms with E-state index in [0.29, 0.717) is 24.0 Å². The summed E-state index contributed by atoms with van der Waals surface area (Å²) < 4.78 is 5.96. The maximum atomic E-state index is 13.4. The van der Waals surface area contributed by atoms with E-state index in [9.17, 15) is 4.79 Å². The highest BCUT2D eigenvalue weighted by Gasteiger charge is 2.49. The lowest BCUT2D eigenvalue weighted by atomic mass is 10.0. The van der Waals surface area contributed by atoms with Crippen molar-refractivity contribution < 1.29 is 9.53 Å². The van der Waals surface area contributed by atoms with Crippen LogP contribution in [0.4, 0.5) is 11.4 Å². The average molecular weight is 484 g/mol. The molecule has 0 bridgehead atoms. The summed E-state index contributed by atoms with van der Waals surface area (Å²) in [5, 5.41) is 0.491. The molecule has 35 heavy (non-hydrogen) atoms. The lowest BCUT2D eigenvalue weighted by molar-refractivity contribution is -0.123. The smallest absolute Gasteiger partial charge is 0.258 e. The molecule has 1 aliphatic rings. The molecule has 1 heterocycles. The first-order valence-electron chi connectivity index (χ1n) is 11.7. The molecule has 3 aromatic rings. The van der Waals surface area contributed by atoms with E-state index < -0.39 is 5.54 Å². The molecule has 1 amide bonds. The van der Waals surface area contributed by atoms with Gasteiger partial charge in [-0.2, -0.15) is 0 Å². The highest BCUT2D eigenvalue weighted by atomic mass is 32.1. The summed E-state index contributed by atoms with van der Waals surface area (Å²) in [4.78, 5) is 20.5. The van der Waals surface area contributed by atoms with E-state index >= 15 is 0 Å². The molecule has 0 unspecified atom stereocenters. The number of hydrogen-bond donors (Lipinski definition) is 0. The summed E-state index contributed by atoms with van der Waals surface area (Å²) in [5.41, 5.74) is 4.67. The molecule has 1 fully saturated rings. The standard InChI is InChI=1S/C29H29N3O2S/c1-20-21(2)26(17-16-25(20)30-5)32-27(33)29(3,4)31(28(32)35)18-9-19-34-24-14-12-23(13-15-24)22-10-7-6-8-11-22/h6-8,10-17H,9,18-19H2,1-4H3. The molecule has 0 radical (unpaired) electrons. The molecule has 1 aliphatic heterocycles. The van der Waals surface area contributed by atoms with Gasteiger partial charge in [0, 0.05) is 6.54 Å². The maximum absolute atomic E-state index is 13.4. The van der Waals surface area contributed by atoms with Crippen LogP contribution >= 0.6 is 12.2 Å². The predicted octanol–water partition coefficient (Wildman–Crippen LogP) is 6.70. The van der Waals surface area contributed by atoms with Crippen LogP contribution in [-0.2, 0) is 4.79 Å². The number of benzene rings is 3. The third-order valence-corrected chi connectivity index (χ3v) is 7.07. The Labute approximate surface area is 212 Å². The molecule has 0 atom stereocenters. The van der Waals surface area contributed by atoms with Crippen molar-refractivity contribution in [1.82, 2.24) is 4.90 Å². The minimum Gasteiger partial charge on any atom is -0.494 e. The normalized spacial score (nSPS) is 14.8. The number of rotatable bonds is 7. The number of carbonyl (C=O) groups excluding carboxylic acids is 1. The third-order valence-electron chi connectivity index (χ3n) is 6.67. The van der Waals surface area contributed by atoms with Gasteiger partial charge >= 0.3 is 0 Å². The summed E-state index contributed by atoms with van der Waals surface area (Å²) in [5.74, 6) is 0.759. The quantitative estimate of drug-likeness (QED) is 0.213. The van der Waals surface area contributed by atoms with Crippen molar-refractivity contribution >= 4 is 34.6 Å². The zero-order chi connectivity index (χ0) is 25.2. The van der Waals surface area contributed by atoms with E-state index in [-0.39, 0.29) is 5.91 Å². The Kier molecular flexibility index (Phi) is 6.90. The zero-order valence-corrected chi connectivity index (χ0v) is 21.4. The Morgan fingerprint density at radius 2 is 1.60 bits per heavy atom. The molecular formula is C29H29N3O2S. The third kappa shape index (κ3) is 4.65. The molecule has 0 aliphatic carbocycles. The number of anilines is 1. The largest absolute Gasteiger partial charge is 0.494 e. The fourth-order valence-corrected chi connectivity index (χ4v) is 4.87. The van der Waals surface area contributed by atoms with E-state index in [1.165, 1.54) is 5.56 Å². The van der Waals surface area contributed by atoms with Crippen molar-refractivity contribution in [3.63, 3.8) is 0 Å². The first-order valence-corrected chi connectivity index (χ1v) is 12.1. The van der Waals surface area contributed by atoms with Gasteiger partial charge in [0.25, 0.3) is 5.91 Å². The van der Waals surface area contributed by atoms with E-state index in [4.69, 9.17) is 23.5 Å². The van der Waals surface area contributed by atoms with Crippen LogP contribution in [-0.4, -0.2) is 34.6 Å². The molecule has 6 heteroatoms. The highest BCUT2D eigenvalue weighted by molar-refractivity contribution is 7.80. The van der Waals surface area contributed by atoms with Gasteiger partial charge in [-0.25, -0.2) is 4.85 Å². The minimum absolute atomic E-state index is 0.0574. The molecule has 3 aromatic carbocycles. The topological polar surface area (TPSA) is 37.1 Å². The molecule has 0 saturated carbocycles. The van der Waals surface area contributed by atoms with Crippen LogP contribution in [0.2, 0.25) is 0 Å². The van der Waals surface area contributed by atoms with Crippen molar-refractivity contribution in [2.45, 2.75) is 39.7 Å². The molecule has 0 spiro atoms. The van der Waals surface area contributed by atoms with Gasteiger partial charge in [0.05, 0.1) is 18.9 Å². The molecule has 178 valence electrons. The fraction of sp³-hybridized carbons (Fsp3) is 0.276. The highest BCUT2D eigenvalue weighted by Crippen LogP contribution is 2.37. The Morgan fingerprint density at radius 1 is 0.943 bits per heavy atom. The number of ether oxygens (including phenoxy) is 1. The number of nitrogens with zero attached hydrogens (tertiary/aromatic N) is 3. The zero-order valence-electron chi connectivity index (χ0n) is 20.5. The van der Waals surface area contributed by atoms with Crippen molar-refractivity contribution in [2.75, 3.05) is 18.1 Å². The van der Waals surface area contributed by atoms with Crippen LogP contribution in [0.1, 0.15) is 31.4 Å². The second kappa shape index (κ2) is 9.89. The predicted molar refractivity (Wildman–Crippen MR) is 145 cm³/mol. The summed E-state index contributed by atoms with van der Waals surface area (Å²) in [7, 11) is 0. The summed E-state index contributed by atoms with van der Waals surface area (Å²) in [6.45, 7) is 16.1. The van der Waals surface area contributed by atoms with Crippen molar-refractivity contribution in [2.24, 2.45) is 0 Å². The number of amides is 1. The van der Waals surface area contributed by atoms with Crippen molar-refractivity contribution in [3.05, 3.63) is 89.3 Å². The minimum atomic E-state index is -0.757. The van der Waals surface area contributed by atoms with Crippen molar-refractivity contribution in [3.8, 4) is 16.9 Å². The molecule has 0 N–H and O–H groups in total. The Bertz CT molecular complexity index is 1290. The fourth-order valence-electron chi connectivity index (χ4n) is 4.37. The number of hydrogen-bond acceptors (Lipinski definition) is 3. The summed E-state index contributed by atoms with van der Waals surface area (Å²) in [6.07, 6.45) is 0.722. The van der Waals surface area contributed by atoms with Crippen LogP contribution in [0.25, 0.3) is 16.0 Å². The molecule has 1 saturated heterocycles. The number of thiocarbonyl (C=S) groups is 1. The SMILES string of the molecule is [C-]#[N+]c1ccc(N2C(=O)C(C)(C)N(CCCOc3ccc(-c4ccccc4)cc3)C2=S)c(C)c1C. The molecular weight excluding hydrogens is 454 g/mol. The lowest BCUT2D eigenvalue weighted by Gasteiger charge is -2.29. The monoisotopic (exact) mass is 483 g/mol. The van der Waals surface area contributed by atoms with E-state index in [0.717, 1.165) is 34.5 Å². The molecule has 4 rings (SSSR count). The van der Waals surface area contributed by atoms with Gasteiger partial charge in [-0.3, -0.25) is 9.69 Å². The first-order chi connectivity index (χ1) is 16.8. The van der Waals surface area contributed by atoms with Crippen LogP contribution in [0.3, 0.4) is 0 Å². The number of carbonyl (C=O) groups is 1. The van der Waals surface area contributed by atoms with Gasteiger partial charge in [-0.05, 0) is 86.8 Å². The van der Waals surface area contributed by atoms with Gasteiger partial charge in [0.15, 0.2) is 10.8 Å². The lowest BCUT2D eigenvalue weighted by Crippen LogP contribution is -2.44. The van der Waals surface area contributed by atoms with Gasteiger partial charge in [-0.1, -0.05) is 48.5 Å². The first kappa shape index (κ1) is 24.4. The van der Waals surface area contributed by atoms with Crippen LogP contribution in [0.5, 0.6) is 5.75 Å². The maximum Gasteiger partial charge on any atom is 0.258 e. The van der Waals surface area contributed by atoms with Gasteiger partial charge in [-0.15, -0.1) is 0 Å². The molecule has 0 aromatic heterocycles. The van der Waals surface area contributed by atoms with Crippen LogP contribution < -0.4 is 9.64 Å². The van der Waals surface area contributed by atoms with E-state index in [2.05, 4.69) is 29.1 Å². The second-order valence-electron chi connectivity index (χ2n) is 9.19. The summed E-state index contributed by atoms with van der Waals surface area (Å²) >= 11 is 5.77. The Hall–Kier alpha value is -3.69. The van der Waals surface area contributed by atoms with E-state index in [1.54, 1.807) is 11.0 Å². The van der Waals surface area contributed by atoms with E-state index in [1.807, 2.05) is 69.0 Å². The summed E-state index contributed by atoms with van der Waals surface area (Å²) in [6, 6.07) is 21.9. The van der Waals surface area contributed by atoms with Crippen LogP contribution in [0, 0.1) is 20.4 Å². The molecule has 5 nitrogen and oxygen atoms in total. The van der Waals surface area contributed by atoms with Gasteiger partial charge in [0.2, 0.25) is 0 Å². The van der Waals surface area contributed by atoms with Gasteiger partial charge < -0.3 is 9.64 Å². The second-order valence-corrected chi connectivity index (χ2v) is 9.56. The van der Waals surface area contributed by atoms with Crippen LogP contribution in [0.15, 0.2) is 66.7 Å². The Morgan fingerprint density at radius 3 is 2.26 bits per heavy atom. The average Bonchev–Trinajstić information content (AvgIpc) is 3.03. The van der Waals surface area contributed by atoms with Gasteiger partial charge in [0.1, 0.15) is 11.3 Å². The Balaban J connectivity index is 1.40. The van der Waals surface area contributed by atoms with Crippen molar-refractivity contribution in [1.29, 1.82) is 0 Å².